The van der Waals surface area contributed by atoms with E-state index in [0.29, 0.717) is 5.70 Å². The molecule has 2 aliphatic heterocycles. The molecule has 19 heavy (non-hydrogen) atoms. The summed E-state index contributed by atoms with van der Waals surface area (Å²) in [5, 5.41) is 0.989. The highest BCUT2D eigenvalue weighted by molar-refractivity contribution is 8.45. The second-order valence-electron chi connectivity index (χ2n) is 3.98. The zero-order valence-corrected chi connectivity index (χ0v) is 13.0. The molecule has 0 N–H and O–H groups in total. The average molecular weight is 308 g/mol. The number of fused-ring (bicyclic) bond motifs is 1. The maximum absolute atomic E-state index is 12.1. The Balaban J connectivity index is 2.00. The van der Waals surface area contributed by atoms with E-state index in [1.165, 1.54) is 16.7 Å². The molecule has 0 aromatic heterocycles. The SMILES string of the molecule is CCSC1=N/C(=C2/Sc3ccccc3N2C)C(=O)S1. The van der Waals surface area contributed by atoms with E-state index in [2.05, 4.69) is 28.9 Å². The predicted molar refractivity (Wildman–Crippen MR) is 85.9 cm³/mol. The molecule has 0 bridgehead atoms. The highest BCUT2D eigenvalue weighted by atomic mass is 32.2. The fourth-order valence-corrected chi connectivity index (χ4v) is 4.87. The van der Waals surface area contributed by atoms with Gasteiger partial charge in [0.05, 0.1) is 5.69 Å². The lowest BCUT2D eigenvalue weighted by molar-refractivity contribution is -0.107. The zero-order chi connectivity index (χ0) is 13.4. The minimum Gasteiger partial charge on any atom is -0.336 e. The zero-order valence-electron chi connectivity index (χ0n) is 10.5. The standard InChI is InChI=1S/C13H12N2OS3/c1-3-17-13-14-10(12(16)19-13)11-15(2)8-6-4-5-7-9(8)18-11/h4-7H,3H2,1-2H3/b11-10+. The van der Waals surface area contributed by atoms with Crippen LogP contribution < -0.4 is 4.90 Å². The van der Waals surface area contributed by atoms with Crippen molar-refractivity contribution in [1.82, 2.24) is 0 Å². The van der Waals surface area contributed by atoms with Crippen LogP contribution in [-0.2, 0) is 4.79 Å². The van der Waals surface area contributed by atoms with Gasteiger partial charge in [0.15, 0.2) is 5.70 Å². The lowest BCUT2D eigenvalue weighted by Crippen LogP contribution is -2.12. The van der Waals surface area contributed by atoms with Gasteiger partial charge in [-0.25, -0.2) is 4.99 Å². The summed E-state index contributed by atoms with van der Waals surface area (Å²) in [6.07, 6.45) is 0. The van der Waals surface area contributed by atoms with E-state index in [-0.39, 0.29) is 5.12 Å². The first-order valence-corrected chi connectivity index (χ1v) is 8.51. The topological polar surface area (TPSA) is 32.7 Å². The Kier molecular flexibility index (Phi) is 3.64. The predicted octanol–water partition coefficient (Wildman–Crippen LogP) is 3.78. The summed E-state index contributed by atoms with van der Waals surface area (Å²) in [5.74, 6) is 0.935. The van der Waals surface area contributed by atoms with Crippen LogP contribution in [-0.4, -0.2) is 22.3 Å². The molecule has 1 aromatic carbocycles. The van der Waals surface area contributed by atoms with Crippen molar-refractivity contribution in [1.29, 1.82) is 0 Å². The number of hydrogen-bond donors (Lipinski definition) is 0. The minimum absolute atomic E-state index is 0.0538. The lowest BCUT2D eigenvalue weighted by Gasteiger charge is -2.13. The summed E-state index contributed by atoms with van der Waals surface area (Å²) >= 11 is 4.48. The van der Waals surface area contributed by atoms with Crippen molar-refractivity contribution < 1.29 is 4.79 Å². The third-order valence-electron chi connectivity index (χ3n) is 2.78. The summed E-state index contributed by atoms with van der Waals surface area (Å²) in [4.78, 5) is 19.8. The van der Waals surface area contributed by atoms with Crippen molar-refractivity contribution in [2.24, 2.45) is 4.99 Å². The number of carbonyl (C=O) groups excluding carboxylic acids is 1. The van der Waals surface area contributed by atoms with Gasteiger partial charge in [-0.2, -0.15) is 0 Å². The molecule has 98 valence electrons. The van der Waals surface area contributed by atoms with E-state index in [1.807, 2.05) is 19.2 Å². The molecule has 0 saturated carbocycles. The van der Waals surface area contributed by atoms with E-state index in [4.69, 9.17) is 0 Å². The maximum Gasteiger partial charge on any atom is 0.247 e. The summed E-state index contributed by atoms with van der Waals surface area (Å²) in [6.45, 7) is 2.07. The quantitative estimate of drug-likeness (QED) is 0.737. The van der Waals surface area contributed by atoms with Gasteiger partial charge < -0.3 is 4.90 Å². The number of hydrogen-bond acceptors (Lipinski definition) is 6. The summed E-state index contributed by atoms with van der Waals surface area (Å²) in [7, 11) is 1.99. The van der Waals surface area contributed by atoms with Gasteiger partial charge in [-0.3, -0.25) is 4.79 Å². The van der Waals surface area contributed by atoms with Crippen molar-refractivity contribution in [2.75, 3.05) is 17.7 Å². The molecule has 6 heteroatoms. The molecule has 3 rings (SSSR count). The fraction of sp³-hybridized carbons (Fsp3) is 0.231. The van der Waals surface area contributed by atoms with Crippen molar-refractivity contribution >= 4 is 50.5 Å². The van der Waals surface area contributed by atoms with E-state index < -0.39 is 0 Å². The largest absolute Gasteiger partial charge is 0.336 e. The Morgan fingerprint density at radius 2 is 2.11 bits per heavy atom. The molecule has 0 aliphatic carbocycles. The van der Waals surface area contributed by atoms with Crippen LogP contribution in [0.2, 0.25) is 0 Å². The number of rotatable bonds is 1. The molecular formula is C13H12N2OS3. The van der Waals surface area contributed by atoms with Gasteiger partial charge in [-0.05, 0) is 29.6 Å². The number of carbonyl (C=O) groups is 1. The highest BCUT2D eigenvalue weighted by Gasteiger charge is 2.32. The smallest absolute Gasteiger partial charge is 0.247 e. The van der Waals surface area contributed by atoms with Crippen LogP contribution in [0.1, 0.15) is 6.92 Å². The minimum atomic E-state index is 0.0538. The molecule has 2 aliphatic rings. The molecule has 3 nitrogen and oxygen atoms in total. The highest BCUT2D eigenvalue weighted by Crippen LogP contribution is 2.48. The lowest BCUT2D eigenvalue weighted by atomic mass is 10.3. The number of aliphatic imine (C=N–C) groups is 1. The van der Waals surface area contributed by atoms with Gasteiger partial charge in [0.25, 0.3) is 0 Å². The fourth-order valence-electron chi connectivity index (χ4n) is 1.92. The van der Waals surface area contributed by atoms with Gasteiger partial charge in [0.1, 0.15) is 9.40 Å². The van der Waals surface area contributed by atoms with E-state index in [0.717, 1.165) is 20.8 Å². The molecule has 0 spiro atoms. The first kappa shape index (κ1) is 13.1. The number of thioether (sulfide) groups is 3. The van der Waals surface area contributed by atoms with Gasteiger partial charge >= 0.3 is 0 Å². The van der Waals surface area contributed by atoms with Crippen LogP contribution in [0.5, 0.6) is 0 Å². The van der Waals surface area contributed by atoms with Crippen molar-refractivity contribution in [2.45, 2.75) is 11.8 Å². The molecule has 0 radical (unpaired) electrons. The summed E-state index contributed by atoms with van der Waals surface area (Å²) in [5.41, 5.74) is 1.73. The molecule has 2 heterocycles. The molecule has 0 saturated heterocycles. The van der Waals surface area contributed by atoms with Crippen molar-refractivity contribution in [3.8, 4) is 0 Å². The van der Waals surface area contributed by atoms with E-state index in [9.17, 15) is 4.79 Å². The first-order chi connectivity index (χ1) is 9.20. The van der Waals surface area contributed by atoms with E-state index >= 15 is 0 Å². The Morgan fingerprint density at radius 3 is 2.84 bits per heavy atom. The number of nitrogens with zero attached hydrogens (tertiary/aromatic N) is 2. The van der Waals surface area contributed by atoms with Crippen LogP contribution in [0.25, 0.3) is 0 Å². The van der Waals surface area contributed by atoms with Crippen LogP contribution in [0, 0.1) is 0 Å². The Morgan fingerprint density at radius 1 is 1.32 bits per heavy atom. The monoisotopic (exact) mass is 308 g/mol. The van der Waals surface area contributed by atoms with Gasteiger partial charge in [-0.1, -0.05) is 42.6 Å². The normalized spacial score (nSPS) is 21.9. The number of para-hydroxylation sites is 1. The maximum atomic E-state index is 12.1. The average Bonchev–Trinajstić information content (AvgIpc) is 2.92. The summed E-state index contributed by atoms with van der Waals surface area (Å²) in [6, 6.07) is 8.16. The Labute approximate surface area is 124 Å². The van der Waals surface area contributed by atoms with Crippen LogP contribution in [0.3, 0.4) is 0 Å². The first-order valence-electron chi connectivity index (χ1n) is 5.89. The van der Waals surface area contributed by atoms with Gasteiger partial charge in [-0.15, -0.1) is 0 Å². The van der Waals surface area contributed by atoms with E-state index in [1.54, 1.807) is 23.5 Å². The third-order valence-corrected chi connectivity index (χ3v) is 5.89. The molecular weight excluding hydrogens is 296 g/mol. The molecule has 1 aromatic rings. The second kappa shape index (κ2) is 5.26. The molecule has 0 fully saturated rings. The number of benzene rings is 1. The molecule has 0 unspecified atom stereocenters. The van der Waals surface area contributed by atoms with Crippen LogP contribution in [0.4, 0.5) is 5.69 Å². The second-order valence-corrected chi connectivity index (χ2v) is 7.49. The Bertz CT molecular complexity index is 610. The van der Waals surface area contributed by atoms with Crippen molar-refractivity contribution in [3.63, 3.8) is 0 Å². The van der Waals surface area contributed by atoms with Gasteiger partial charge in [0.2, 0.25) is 5.12 Å². The third kappa shape index (κ3) is 2.32. The molecule has 0 amide bonds. The van der Waals surface area contributed by atoms with Crippen LogP contribution >= 0.6 is 35.3 Å². The Hall–Kier alpha value is -0.850. The van der Waals surface area contributed by atoms with Gasteiger partial charge in [0, 0.05) is 11.9 Å². The summed E-state index contributed by atoms with van der Waals surface area (Å²) < 4.78 is 0.861. The number of anilines is 1. The van der Waals surface area contributed by atoms with Crippen LogP contribution in [0.15, 0.2) is 44.9 Å². The van der Waals surface area contributed by atoms with Crippen molar-refractivity contribution in [3.05, 3.63) is 35.0 Å². The molecule has 0 atom stereocenters.